The highest BCUT2D eigenvalue weighted by Crippen LogP contribution is 2.28. The third-order valence-corrected chi connectivity index (χ3v) is 2.76. The molecule has 8 heteroatoms. The molecule has 1 aromatic carbocycles. The van der Waals surface area contributed by atoms with Crippen LogP contribution in [0.1, 0.15) is 15.9 Å². The number of nitrogens with one attached hydrogen (secondary N) is 1. The first-order valence-corrected chi connectivity index (χ1v) is 5.79. The van der Waals surface area contributed by atoms with E-state index in [4.69, 9.17) is 5.11 Å². The molecule has 1 aromatic heterocycles. The zero-order valence-corrected chi connectivity index (χ0v) is 10.8. The molecule has 108 valence electrons. The molecule has 2 rings (SSSR count). The minimum absolute atomic E-state index is 0.154. The number of hydrogen-bond donors (Lipinski definition) is 2. The number of pyridine rings is 1. The first kappa shape index (κ1) is 14.4. The van der Waals surface area contributed by atoms with Crippen molar-refractivity contribution >= 4 is 23.2 Å². The van der Waals surface area contributed by atoms with E-state index in [1.165, 1.54) is 18.2 Å². The summed E-state index contributed by atoms with van der Waals surface area (Å²) in [6, 6.07) is 4.84. The Morgan fingerprint density at radius 1 is 1.43 bits per heavy atom. The van der Waals surface area contributed by atoms with E-state index in [2.05, 4.69) is 10.3 Å². The van der Waals surface area contributed by atoms with Crippen LogP contribution in [0, 0.1) is 22.9 Å². The monoisotopic (exact) mass is 291 g/mol. The SMILES string of the molecule is Cc1ccc(F)cc1Nc1ncc(C(=O)O)cc1[N+](=O)[O-]. The number of rotatable bonds is 4. The fraction of sp³-hybridized carbons (Fsp3) is 0.0769. The third-order valence-electron chi connectivity index (χ3n) is 2.76. The number of benzene rings is 1. The van der Waals surface area contributed by atoms with Gasteiger partial charge in [-0.3, -0.25) is 10.1 Å². The van der Waals surface area contributed by atoms with Gasteiger partial charge in [0.2, 0.25) is 5.82 Å². The number of nitro groups is 1. The highest BCUT2D eigenvalue weighted by Gasteiger charge is 2.19. The second kappa shape index (κ2) is 5.53. The summed E-state index contributed by atoms with van der Waals surface area (Å²) in [6.07, 6.45) is 0.992. The van der Waals surface area contributed by atoms with Gasteiger partial charge in [-0.25, -0.2) is 14.2 Å². The van der Waals surface area contributed by atoms with Crippen LogP contribution in [0.2, 0.25) is 0 Å². The van der Waals surface area contributed by atoms with Crippen LogP contribution >= 0.6 is 0 Å². The van der Waals surface area contributed by atoms with Crippen LogP contribution in [0.25, 0.3) is 0 Å². The average molecular weight is 291 g/mol. The van der Waals surface area contributed by atoms with Gasteiger partial charge >= 0.3 is 11.7 Å². The van der Waals surface area contributed by atoms with Gasteiger partial charge < -0.3 is 10.4 Å². The Kier molecular flexibility index (Phi) is 3.79. The van der Waals surface area contributed by atoms with E-state index in [1.807, 2.05) is 0 Å². The van der Waals surface area contributed by atoms with Crippen molar-refractivity contribution in [2.24, 2.45) is 0 Å². The lowest BCUT2D eigenvalue weighted by Gasteiger charge is -2.09. The highest BCUT2D eigenvalue weighted by atomic mass is 19.1. The van der Waals surface area contributed by atoms with Gasteiger partial charge in [0, 0.05) is 18.0 Å². The van der Waals surface area contributed by atoms with E-state index >= 15 is 0 Å². The third kappa shape index (κ3) is 3.11. The molecule has 7 nitrogen and oxygen atoms in total. The molecule has 2 aromatic rings. The molecule has 0 aliphatic carbocycles. The second-order valence-corrected chi connectivity index (χ2v) is 4.24. The van der Waals surface area contributed by atoms with E-state index in [0.717, 1.165) is 12.3 Å². The Morgan fingerprint density at radius 3 is 2.76 bits per heavy atom. The van der Waals surface area contributed by atoms with E-state index in [1.54, 1.807) is 6.92 Å². The predicted octanol–water partition coefficient (Wildman–Crippen LogP) is 2.88. The summed E-state index contributed by atoms with van der Waals surface area (Å²) in [5.74, 6) is -1.98. The number of nitrogens with zero attached hydrogens (tertiary/aromatic N) is 2. The maximum absolute atomic E-state index is 13.2. The molecule has 1 heterocycles. The number of anilines is 2. The number of carboxylic acid groups (broad SMARTS) is 1. The Labute approximate surface area is 118 Å². The first-order valence-electron chi connectivity index (χ1n) is 5.79. The Hall–Kier alpha value is -3.03. The summed E-state index contributed by atoms with van der Waals surface area (Å²) in [5.41, 5.74) is 0.172. The number of aromatic nitrogens is 1. The van der Waals surface area contributed by atoms with Crippen LogP contribution in [0.3, 0.4) is 0 Å². The quantitative estimate of drug-likeness (QED) is 0.662. The van der Waals surface area contributed by atoms with Gasteiger partial charge in [-0.15, -0.1) is 0 Å². The van der Waals surface area contributed by atoms with Crippen molar-refractivity contribution in [3.8, 4) is 0 Å². The van der Waals surface area contributed by atoms with Crippen LogP contribution < -0.4 is 5.32 Å². The highest BCUT2D eigenvalue weighted by molar-refractivity contribution is 5.89. The van der Waals surface area contributed by atoms with Crippen molar-refractivity contribution in [1.82, 2.24) is 4.98 Å². The molecule has 0 spiro atoms. The molecule has 0 atom stereocenters. The lowest BCUT2D eigenvalue weighted by Crippen LogP contribution is -2.05. The topological polar surface area (TPSA) is 105 Å². The molecule has 2 N–H and O–H groups in total. The van der Waals surface area contributed by atoms with E-state index in [9.17, 15) is 19.3 Å². The van der Waals surface area contributed by atoms with Crippen LogP contribution in [0.15, 0.2) is 30.5 Å². The zero-order chi connectivity index (χ0) is 15.6. The van der Waals surface area contributed by atoms with Gasteiger partial charge in [0.25, 0.3) is 0 Å². The average Bonchev–Trinajstić information content (AvgIpc) is 2.42. The lowest BCUT2D eigenvalue weighted by molar-refractivity contribution is -0.384. The zero-order valence-electron chi connectivity index (χ0n) is 10.8. The largest absolute Gasteiger partial charge is 0.478 e. The number of hydrogen-bond acceptors (Lipinski definition) is 5. The normalized spacial score (nSPS) is 10.2. The van der Waals surface area contributed by atoms with Crippen LogP contribution in [-0.2, 0) is 0 Å². The standard InChI is InChI=1S/C13H10FN3O4/c1-7-2-3-9(14)5-10(7)16-12-11(17(20)21)4-8(6-15-12)13(18)19/h2-6H,1H3,(H,15,16)(H,18,19). The fourth-order valence-corrected chi connectivity index (χ4v) is 1.66. The van der Waals surface area contributed by atoms with E-state index in [0.29, 0.717) is 11.3 Å². The summed E-state index contributed by atoms with van der Waals surface area (Å²) >= 11 is 0. The van der Waals surface area contributed by atoms with Crippen molar-refractivity contribution < 1.29 is 19.2 Å². The fourth-order valence-electron chi connectivity index (χ4n) is 1.66. The van der Waals surface area contributed by atoms with Crippen molar-refractivity contribution in [2.45, 2.75) is 6.92 Å². The minimum atomic E-state index is -1.32. The van der Waals surface area contributed by atoms with Gasteiger partial charge in [-0.05, 0) is 24.6 Å². The maximum Gasteiger partial charge on any atom is 0.337 e. The maximum atomic E-state index is 13.2. The van der Waals surface area contributed by atoms with Crippen molar-refractivity contribution in [2.75, 3.05) is 5.32 Å². The molecular weight excluding hydrogens is 281 g/mol. The van der Waals surface area contributed by atoms with Crippen molar-refractivity contribution in [3.63, 3.8) is 0 Å². The van der Waals surface area contributed by atoms with E-state index in [-0.39, 0.29) is 11.4 Å². The molecule has 0 unspecified atom stereocenters. The molecular formula is C13H10FN3O4. The Balaban J connectivity index is 2.46. The van der Waals surface area contributed by atoms with Crippen molar-refractivity contribution in [3.05, 3.63) is 57.5 Å². The lowest BCUT2D eigenvalue weighted by atomic mass is 10.2. The second-order valence-electron chi connectivity index (χ2n) is 4.24. The number of carbonyl (C=O) groups is 1. The molecule has 0 aliphatic heterocycles. The molecule has 0 aliphatic rings. The summed E-state index contributed by atoms with van der Waals surface area (Å²) in [6.45, 7) is 1.69. The Morgan fingerprint density at radius 2 is 2.14 bits per heavy atom. The molecule has 0 saturated heterocycles. The summed E-state index contributed by atoms with van der Waals surface area (Å²) < 4.78 is 13.2. The molecule has 0 amide bonds. The molecule has 0 bridgehead atoms. The summed E-state index contributed by atoms with van der Waals surface area (Å²) in [4.78, 5) is 24.8. The minimum Gasteiger partial charge on any atom is -0.478 e. The van der Waals surface area contributed by atoms with Gasteiger partial charge in [0.05, 0.1) is 10.5 Å². The van der Waals surface area contributed by atoms with Gasteiger partial charge in [-0.2, -0.15) is 0 Å². The van der Waals surface area contributed by atoms with Gasteiger partial charge in [0.1, 0.15) is 5.82 Å². The number of aryl methyl sites for hydroxylation is 1. The molecule has 21 heavy (non-hydrogen) atoms. The van der Waals surface area contributed by atoms with E-state index < -0.39 is 22.4 Å². The molecule has 0 saturated carbocycles. The molecule has 0 fully saturated rings. The number of aromatic carboxylic acids is 1. The summed E-state index contributed by atoms with van der Waals surface area (Å²) in [5, 5.41) is 22.5. The number of carboxylic acids is 1. The smallest absolute Gasteiger partial charge is 0.337 e. The van der Waals surface area contributed by atoms with Crippen LogP contribution in [0.5, 0.6) is 0 Å². The number of halogens is 1. The Bertz CT molecular complexity index is 733. The van der Waals surface area contributed by atoms with Crippen LogP contribution in [0.4, 0.5) is 21.6 Å². The van der Waals surface area contributed by atoms with Gasteiger partial charge in [-0.1, -0.05) is 6.07 Å². The predicted molar refractivity (Wildman–Crippen MR) is 72.3 cm³/mol. The first-order chi connectivity index (χ1) is 9.88. The summed E-state index contributed by atoms with van der Waals surface area (Å²) in [7, 11) is 0. The van der Waals surface area contributed by atoms with Crippen molar-refractivity contribution in [1.29, 1.82) is 0 Å². The molecule has 0 radical (unpaired) electrons. The van der Waals surface area contributed by atoms with Gasteiger partial charge in [0.15, 0.2) is 0 Å². The van der Waals surface area contributed by atoms with Crippen LogP contribution in [-0.4, -0.2) is 21.0 Å².